The molecule has 6 nitrogen and oxygen atoms in total. The lowest BCUT2D eigenvalue weighted by Gasteiger charge is -2.35. The predicted octanol–water partition coefficient (Wildman–Crippen LogP) is 1.28. The highest BCUT2D eigenvalue weighted by Crippen LogP contribution is 2.30. The molecule has 2 N–H and O–H groups in total. The molecule has 0 spiro atoms. The molecule has 0 saturated carbocycles. The average molecular weight is 380 g/mol. The molecule has 8 heteroatoms. The van der Waals surface area contributed by atoms with Gasteiger partial charge in [0.2, 0.25) is 10.0 Å². The van der Waals surface area contributed by atoms with Gasteiger partial charge in [-0.05, 0) is 31.0 Å². The average Bonchev–Trinajstić information content (AvgIpc) is 2.47. The van der Waals surface area contributed by atoms with Gasteiger partial charge in [0.25, 0.3) is 0 Å². The van der Waals surface area contributed by atoms with Gasteiger partial charge in [0.05, 0.1) is 19.3 Å². The molecule has 0 aliphatic carbocycles. The molecule has 1 aliphatic rings. The summed E-state index contributed by atoms with van der Waals surface area (Å²) in [4.78, 5) is 0.0405. The summed E-state index contributed by atoms with van der Waals surface area (Å²) in [6, 6.07) is 4.76. The second-order valence-corrected chi connectivity index (χ2v) is 7.52. The van der Waals surface area contributed by atoms with Crippen LogP contribution >= 0.6 is 15.9 Å². The number of sulfonamides is 1. The van der Waals surface area contributed by atoms with E-state index in [2.05, 4.69) is 20.7 Å². The van der Waals surface area contributed by atoms with Gasteiger partial charge in [-0.2, -0.15) is 0 Å². The Labute approximate surface area is 132 Å². The van der Waals surface area contributed by atoms with Crippen molar-refractivity contribution in [3.05, 3.63) is 22.7 Å². The Morgan fingerprint density at radius 1 is 1.43 bits per heavy atom. The quantitative estimate of drug-likeness (QED) is 0.804. The van der Waals surface area contributed by atoms with E-state index in [0.717, 1.165) is 0 Å². The number of benzene rings is 1. The molecule has 21 heavy (non-hydrogen) atoms. The fourth-order valence-corrected chi connectivity index (χ4v) is 4.41. The Kier molecular flexibility index (Phi) is 5.26. The van der Waals surface area contributed by atoms with E-state index in [-0.39, 0.29) is 17.3 Å². The molecule has 0 bridgehead atoms. The van der Waals surface area contributed by atoms with Gasteiger partial charge in [0, 0.05) is 17.7 Å². The van der Waals surface area contributed by atoms with Crippen LogP contribution in [0.2, 0.25) is 0 Å². The molecule has 118 valence electrons. The smallest absolute Gasteiger partial charge is 0.244 e. The zero-order chi connectivity index (χ0) is 15.5. The zero-order valence-electron chi connectivity index (χ0n) is 11.6. The van der Waals surface area contributed by atoms with Crippen LogP contribution in [0.25, 0.3) is 0 Å². The third-order valence-electron chi connectivity index (χ3n) is 3.52. The molecule has 0 amide bonds. The van der Waals surface area contributed by atoms with Gasteiger partial charge in [-0.25, -0.2) is 13.1 Å². The Hall–Kier alpha value is -0.670. The molecule has 1 aromatic rings. The molecular weight excluding hydrogens is 362 g/mol. The number of ether oxygens (including phenoxy) is 2. The summed E-state index contributed by atoms with van der Waals surface area (Å²) in [6.07, 6.45) is 0.859. The summed E-state index contributed by atoms with van der Waals surface area (Å²) in [5.41, 5.74) is -0.885. The Morgan fingerprint density at radius 2 is 2.10 bits per heavy atom. The molecule has 1 fully saturated rings. The van der Waals surface area contributed by atoms with Crippen LogP contribution in [-0.2, 0) is 14.8 Å². The van der Waals surface area contributed by atoms with E-state index >= 15 is 0 Å². The molecule has 0 aromatic heterocycles. The summed E-state index contributed by atoms with van der Waals surface area (Å²) >= 11 is 3.26. The number of nitrogens with one attached hydrogen (secondary N) is 1. The molecular formula is C13H18BrNO5S. The maximum atomic E-state index is 12.6. The van der Waals surface area contributed by atoms with E-state index in [4.69, 9.17) is 9.47 Å². The van der Waals surface area contributed by atoms with Crippen molar-refractivity contribution in [1.29, 1.82) is 0 Å². The summed E-state index contributed by atoms with van der Waals surface area (Å²) in [6.45, 7) is 0.559. The van der Waals surface area contributed by atoms with Crippen LogP contribution < -0.4 is 9.46 Å². The predicted molar refractivity (Wildman–Crippen MR) is 80.9 cm³/mol. The first-order valence-corrected chi connectivity index (χ1v) is 8.76. The number of hydrogen-bond acceptors (Lipinski definition) is 5. The first-order valence-electron chi connectivity index (χ1n) is 6.49. The molecule has 0 radical (unpaired) electrons. The molecule has 0 unspecified atom stereocenters. The van der Waals surface area contributed by atoms with Gasteiger partial charge < -0.3 is 14.6 Å². The van der Waals surface area contributed by atoms with Crippen LogP contribution in [-0.4, -0.2) is 46.0 Å². The monoisotopic (exact) mass is 379 g/mol. The van der Waals surface area contributed by atoms with Crippen LogP contribution in [0.3, 0.4) is 0 Å². The summed E-state index contributed by atoms with van der Waals surface area (Å²) in [7, 11) is -2.40. The lowest BCUT2D eigenvalue weighted by molar-refractivity contribution is 0.0222. The van der Waals surface area contributed by atoms with Crippen molar-refractivity contribution >= 4 is 26.0 Å². The highest BCUT2D eigenvalue weighted by molar-refractivity contribution is 9.10. The van der Waals surface area contributed by atoms with Crippen molar-refractivity contribution in [1.82, 2.24) is 4.72 Å². The molecule has 1 heterocycles. The van der Waals surface area contributed by atoms with Crippen molar-refractivity contribution in [2.75, 3.05) is 26.9 Å². The summed E-state index contributed by atoms with van der Waals surface area (Å²) < 4.78 is 38.9. The molecule has 1 aromatic carbocycles. The number of aliphatic hydroxyl groups is 1. The summed E-state index contributed by atoms with van der Waals surface area (Å²) in [5.74, 6) is 0.255. The first kappa shape index (κ1) is 16.7. The lowest BCUT2D eigenvalue weighted by atomic mass is 9.93. The first-order chi connectivity index (χ1) is 9.92. The minimum Gasteiger partial charge on any atom is -0.495 e. The van der Waals surface area contributed by atoms with E-state index in [1.807, 2.05) is 0 Å². The van der Waals surface area contributed by atoms with Gasteiger partial charge in [-0.1, -0.05) is 15.9 Å². The third kappa shape index (κ3) is 3.75. The number of methoxy groups -OCH3 is 1. The number of halogens is 1. The van der Waals surface area contributed by atoms with E-state index in [1.165, 1.54) is 13.2 Å². The van der Waals surface area contributed by atoms with Crippen LogP contribution in [0.1, 0.15) is 12.8 Å². The minimum absolute atomic E-state index is 0.0405. The standard InChI is InChI=1S/C13H18BrNO5S/c1-19-11-3-2-10(14)8-12(11)21(17,18)15-13(9-16)4-6-20-7-5-13/h2-3,8,15-16H,4-7,9H2,1H3. The topological polar surface area (TPSA) is 84.9 Å². The van der Waals surface area contributed by atoms with Gasteiger partial charge in [-0.3, -0.25) is 0 Å². The normalized spacial score (nSPS) is 18.4. The van der Waals surface area contributed by atoms with Crippen molar-refractivity contribution in [2.45, 2.75) is 23.3 Å². The van der Waals surface area contributed by atoms with Crippen molar-refractivity contribution < 1.29 is 23.0 Å². The van der Waals surface area contributed by atoms with Crippen molar-refractivity contribution in [3.8, 4) is 5.75 Å². The number of rotatable bonds is 5. The van der Waals surface area contributed by atoms with Gasteiger partial charge in [0.1, 0.15) is 10.6 Å². The third-order valence-corrected chi connectivity index (χ3v) is 5.61. The Bertz CT molecular complexity index is 599. The van der Waals surface area contributed by atoms with Gasteiger partial charge >= 0.3 is 0 Å². The second-order valence-electron chi connectivity index (χ2n) is 4.95. The molecule has 0 atom stereocenters. The van der Waals surface area contributed by atoms with Crippen LogP contribution in [0.4, 0.5) is 0 Å². The Balaban J connectivity index is 2.35. The van der Waals surface area contributed by atoms with E-state index in [1.54, 1.807) is 12.1 Å². The maximum Gasteiger partial charge on any atom is 0.244 e. The van der Waals surface area contributed by atoms with Crippen molar-refractivity contribution in [3.63, 3.8) is 0 Å². The fraction of sp³-hybridized carbons (Fsp3) is 0.538. The highest BCUT2D eigenvalue weighted by Gasteiger charge is 2.37. The summed E-state index contributed by atoms with van der Waals surface area (Å²) in [5, 5.41) is 9.61. The van der Waals surface area contributed by atoms with Crippen LogP contribution in [0, 0.1) is 0 Å². The lowest BCUT2D eigenvalue weighted by Crippen LogP contribution is -2.54. The van der Waals surface area contributed by atoms with E-state index < -0.39 is 15.6 Å². The molecule has 1 saturated heterocycles. The van der Waals surface area contributed by atoms with E-state index in [9.17, 15) is 13.5 Å². The molecule has 1 aliphatic heterocycles. The van der Waals surface area contributed by atoms with E-state index in [0.29, 0.717) is 30.5 Å². The second kappa shape index (κ2) is 6.62. The van der Waals surface area contributed by atoms with Gasteiger partial charge in [0.15, 0.2) is 0 Å². The maximum absolute atomic E-state index is 12.6. The van der Waals surface area contributed by atoms with Crippen LogP contribution in [0.15, 0.2) is 27.6 Å². The van der Waals surface area contributed by atoms with Crippen LogP contribution in [0.5, 0.6) is 5.75 Å². The Morgan fingerprint density at radius 3 is 2.67 bits per heavy atom. The fourth-order valence-electron chi connectivity index (χ4n) is 2.26. The minimum atomic E-state index is -3.82. The largest absolute Gasteiger partial charge is 0.495 e. The SMILES string of the molecule is COc1ccc(Br)cc1S(=O)(=O)NC1(CO)CCOCC1. The molecule has 2 rings (SSSR count). The van der Waals surface area contributed by atoms with Crippen molar-refractivity contribution in [2.24, 2.45) is 0 Å². The highest BCUT2D eigenvalue weighted by atomic mass is 79.9. The van der Waals surface area contributed by atoms with Gasteiger partial charge in [-0.15, -0.1) is 0 Å². The number of aliphatic hydroxyl groups excluding tert-OH is 1. The zero-order valence-corrected chi connectivity index (χ0v) is 14.0. The number of hydrogen-bond donors (Lipinski definition) is 2.